The third-order valence-electron chi connectivity index (χ3n) is 4.18. The third kappa shape index (κ3) is 2.26. The number of fused-ring (bicyclic) bond motifs is 1. The van der Waals surface area contributed by atoms with Crippen molar-refractivity contribution in [3.63, 3.8) is 0 Å². The number of amides is 1. The number of hydrogen-bond acceptors (Lipinski definition) is 2. The van der Waals surface area contributed by atoms with E-state index in [9.17, 15) is 4.79 Å². The lowest BCUT2D eigenvalue weighted by atomic mass is 9.81. The van der Waals surface area contributed by atoms with Crippen molar-refractivity contribution >= 4 is 23.2 Å². The molecule has 0 aromatic heterocycles. The van der Waals surface area contributed by atoms with Crippen molar-refractivity contribution < 1.29 is 4.79 Å². The molecule has 0 aliphatic carbocycles. The van der Waals surface area contributed by atoms with Crippen LogP contribution in [-0.4, -0.2) is 5.91 Å². The van der Waals surface area contributed by atoms with Crippen LogP contribution < -0.4 is 4.90 Å². The minimum atomic E-state index is -0.802. The molecule has 3 rings (SSSR count). The van der Waals surface area contributed by atoms with Gasteiger partial charge in [0.05, 0.1) is 24.4 Å². The zero-order valence-electron chi connectivity index (χ0n) is 12.2. The quantitative estimate of drug-likeness (QED) is 0.858. The summed E-state index contributed by atoms with van der Waals surface area (Å²) in [5.41, 5.74) is 1.92. The lowest BCUT2D eigenvalue weighted by Gasteiger charge is -2.22. The standard InChI is InChI=1S/C18H15ClN2O/c1-18(9-10-20)15-8-7-14(19)11-16(15)21(17(18)22)12-13-5-3-2-4-6-13/h2-8,11H,9,12H2,1H3. The van der Waals surface area contributed by atoms with Gasteiger partial charge in [0.2, 0.25) is 5.91 Å². The van der Waals surface area contributed by atoms with Crippen molar-refractivity contribution in [2.45, 2.75) is 25.3 Å². The largest absolute Gasteiger partial charge is 0.307 e. The molecule has 0 saturated carbocycles. The normalized spacial score (nSPS) is 19.9. The molecule has 3 nitrogen and oxygen atoms in total. The van der Waals surface area contributed by atoms with Gasteiger partial charge in [-0.2, -0.15) is 5.26 Å². The molecule has 110 valence electrons. The average molecular weight is 311 g/mol. The molecule has 0 bridgehead atoms. The molecule has 0 N–H and O–H groups in total. The van der Waals surface area contributed by atoms with Crippen molar-refractivity contribution in [3.8, 4) is 6.07 Å². The van der Waals surface area contributed by atoms with Gasteiger partial charge >= 0.3 is 0 Å². The minimum Gasteiger partial charge on any atom is -0.307 e. The number of carbonyl (C=O) groups excluding carboxylic acids is 1. The summed E-state index contributed by atoms with van der Waals surface area (Å²) in [5.74, 6) is -0.0461. The predicted molar refractivity (Wildman–Crippen MR) is 86.7 cm³/mol. The summed E-state index contributed by atoms with van der Waals surface area (Å²) in [4.78, 5) is 14.7. The number of anilines is 1. The molecule has 0 saturated heterocycles. The second kappa shape index (κ2) is 5.47. The molecule has 0 fully saturated rings. The number of carbonyl (C=O) groups is 1. The van der Waals surface area contributed by atoms with Crippen LogP contribution in [-0.2, 0) is 16.8 Å². The summed E-state index contributed by atoms with van der Waals surface area (Å²) in [6, 6.07) is 17.4. The maximum Gasteiger partial charge on any atom is 0.238 e. The lowest BCUT2D eigenvalue weighted by molar-refractivity contribution is -0.122. The number of nitriles is 1. The first-order valence-corrected chi connectivity index (χ1v) is 7.47. The fourth-order valence-electron chi connectivity index (χ4n) is 2.97. The van der Waals surface area contributed by atoms with Gasteiger partial charge in [-0.15, -0.1) is 0 Å². The van der Waals surface area contributed by atoms with E-state index in [0.29, 0.717) is 11.6 Å². The molecule has 0 spiro atoms. The van der Waals surface area contributed by atoms with Gasteiger partial charge in [0.25, 0.3) is 0 Å². The molecule has 2 aromatic rings. The maximum absolute atomic E-state index is 12.9. The topological polar surface area (TPSA) is 44.1 Å². The second-order valence-corrected chi connectivity index (χ2v) is 6.14. The first-order valence-electron chi connectivity index (χ1n) is 7.09. The molecule has 1 amide bonds. The fourth-order valence-corrected chi connectivity index (χ4v) is 3.14. The summed E-state index contributed by atoms with van der Waals surface area (Å²) in [6.45, 7) is 2.31. The Labute approximate surface area is 134 Å². The number of benzene rings is 2. The summed E-state index contributed by atoms with van der Waals surface area (Å²) in [5, 5.41) is 9.71. The highest BCUT2D eigenvalue weighted by atomic mass is 35.5. The van der Waals surface area contributed by atoms with E-state index in [1.807, 2.05) is 43.3 Å². The monoisotopic (exact) mass is 310 g/mol. The Balaban J connectivity index is 2.07. The Hall–Kier alpha value is -2.31. The summed E-state index contributed by atoms with van der Waals surface area (Å²) in [6.07, 6.45) is 0.158. The highest BCUT2D eigenvalue weighted by Gasteiger charge is 2.47. The van der Waals surface area contributed by atoms with E-state index >= 15 is 0 Å². The molecule has 22 heavy (non-hydrogen) atoms. The van der Waals surface area contributed by atoms with Crippen LogP contribution in [0.15, 0.2) is 48.5 Å². The fraction of sp³-hybridized carbons (Fsp3) is 0.222. The first kappa shape index (κ1) is 14.6. The SMILES string of the molecule is CC1(CC#N)C(=O)N(Cc2ccccc2)c2cc(Cl)ccc21. The van der Waals surface area contributed by atoms with E-state index in [1.165, 1.54) is 0 Å². The molecule has 2 aromatic carbocycles. The summed E-state index contributed by atoms with van der Waals surface area (Å²) < 4.78 is 0. The Kier molecular flexibility index (Phi) is 3.64. The predicted octanol–water partition coefficient (Wildman–Crippen LogP) is 4.06. The van der Waals surface area contributed by atoms with Crippen LogP contribution in [0.5, 0.6) is 0 Å². The lowest BCUT2D eigenvalue weighted by Crippen LogP contribution is -2.37. The van der Waals surface area contributed by atoms with E-state index in [1.54, 1.807) is 17.0 Å². The van der Waals surface area contributed by atoms with Gasteiger partial charge < -0.3 is 4.90 Å². The summed E-state index contributed by atoms with van der Waals surface area (Å²) in [7, 11) is 0. The van der Waals surface area contributed by atoms with Crippen LogP contribution in [0.1, 0.15) is 24.5 Å². The van der Waals surface area contributed by atoms with Crippen LogP contribution in [0.2, 0.25) is 5.02 Å². The highest BCUT2D eigenvalue weighted by molar-refractivity contribution is 6.31. The zero-order chi connectivity index (χ0) is 15.7. The van der Waals surface area contributed by atoms with Crippen molar-refractivity contribution in [2.24, 2.45) is 0 Å². The number of hydrogen-bond donors (Lipinski definition) is 0. The van der Waals surface area contributed by atoms with Crippen LogP contribution in [0, 0.1) is 11.3 Å². The number of rotatable bonds is 3. The van der Waals surface area contributed by atoms with E-state index < -0.39 is 5.41 Å². The van der Waals surface area contributed by atoms with Crippen LogP contribution in [0.3, 0.4) is 0 Å². The van der Waals surface area contributed by atoms with Gasteiger partial charge in [-0.1, -0.05) is 48.0 Å². The van der Waals surface area contributed by atoms with Crippen molar-refractivity contribution in [1.29, 1.82) is 5.26 Å². The third-order valence-corrected chi connectivity index (χ3v) is 4.41. The van der Waals surface area contributed by atoms with Gasteiger partial charge in [0.15, 0.2) is 0 Å². The molecule has 1 heterocycles. The molecule has 4 heteroatoms. The highest BCUT2D eigenvalue weighted by Crippen LogP contribution is 2.45. The Morgan fingerprint density at radius 3 is 2.64 bits per heavy atom. The van der Waals surface area contributed by atoms with Crippen molar-refractivity contribution in [1.82, 2.24) is 0 Å². The van der Waals surface area contributed by atoms with E-state index in [-0.39, 0.29) is 12.3 Å². The molecule has 1 aliphatic heterocycles. The number of nitrogens with zero attached hydrogens (tertiary/aromatic N) is 2. The van der Waals surface area contributed by atoms with Crippen LogP contribution in [0.25, 0.3) is 0 Å². The minimum absolute atomic E-state index is 0.0461. The Morgan fingerprint density at radius 2 is 1.95 bits per heavy atom. The van der Waals surface area contributed by atoms with Crippen molar-refractivity contribution in [2.75, 3.05) is 4.90 Å². The van der Waals surface area contributed by atoms with Crippen molar-refractivity contribution in [3.05, 3.63) is 64.7 Å². The van der Waals surface area contributed by atoms with E-state index in [4.69, 9.17) is 16.9 Å². The van der Waals surface area contributed by atoms with Gasteiger partial charge in [0, 0.05) is 10.7 Å². The Morgan fingerprint density at radius 1 is 1.23 bits per heavy atom. The van der Waals surface area contributed by atoms with Gasteiger partial charge in [-0.3, -0.25) is 4.79 Å². The molecular weight excluding hydrogens is 296 g/mol. The van der Waals surface area contributed by atoms with E-state index in [2.05, 4.69) is 6.07 Å². The average Bonchev–Trinajstić information content (AvgIpc) is 2.71. The zero-order valence-corrected chi connectivity index (χ0v) is 13.0. The van der Waals surface area contributed by atoms with Gasteiger partial charge in [0.1, 0.15) is 0 Å². The second-order valence-electron chi connectivity index (χ2n) is 5.71. The molecule has 1 unspecified atom stereocenters. The molecule has 1 atom stereocenters. The van der Waals surface area contributed by atoms with Gasteiger partial charge in [-0.05, 0) is 30.2 Å². The van der Waals surface area contributed by atoms with Crippen LogP contribution >= 0.6 is 11.6 Å². The summed E-state index contributed by atoms with van der Waals surface area (Å²) >= 11 is 6.11. The molecule has 1 aliphatic rings. The first-order chi connectivity index (χ1) is 10.6. The van der Waals surface area contributed by atoms with E-state index in [0.717, 1.165) is 16.8 Å². The van der Waals surface area contributed by atoms with Gasteiger partial charge in [-0.25, -0.2) is 0 Å². The number of halogens is 1. The molecular formula is C18H15ClN2O. The smallest absolute Gasteiger partial charge is 0.238 e. The maximum atomic E-state index is 12.9. The molecule has 0 radical (unpaired) electrons. The Bertz CT molecular complexity index is 766. The van der Waals surface area contributed by atoms with Crippen LogP contribution in [0.4, 0.5) is 5.69 Å².